The van der Waals surface area contributed by atoms with Crippen LogP contribution in [-0.4, -0.2) is 0 Å². The number of hydrogen-bond donors (Lipinski definition) is 0. The van der Waals surface area contributed by atoms with E-state index in [-0.39, 0.29) is 21.1 Å². The van der Waals surface area contributed by atoms with Crippen molar-refractivity contribution in [2.75, 3.05) is 0 Å². The molecule has 0 saturated carbocycles. The van der Waals surface area contributed by atoms with Crippen molar-refractivity contribution >= 4 is 0 Å². The van der Waals surface area contributed by atoms with Crippen LogP contribution < -0.4 is 0 Å². The monoisotopic (exact) mass is 593 g/mol. The maximum absolute atomic E-state index is 11.8. The molecule has 0 saturated heterocycles. The summed E-state index contributed by atoms with van der Waals surface area (Å²) >= 11 is 0. The standard InChI is InChI=1S/C8H12.2C7H4F3.Pt/c1-2-4-6-8-7-5-3-1;2*8-7(9,10)6-4-2-1-3-5-6;/h1-2,7-8H,3-6H2;2*1-2,4-5H;/q;2*-1;+2. The number of alkyl halides is 6. The minimum absolute atomic E-state index is 0. The van der Waals surface area contributed by atoms with Crippen molar-refractivity contribution in [3.63, 3.8) is 0 Å². The molecule has 160 valence electrons. The van der Waals surface area contributed by atoms with Gasteiger partial charge in [-0.25, -0.2) is 0 Å². The summed E-state index contributed by atoms with van der Waals surface area (Å²) in [6.45, 7) is 0. The van der Waals surface area contributed by atoms with Gasteiger partial charge in [-0.3, -0.25) is 0 Å². The van der Waals surface area contributed by atoms with Crippen LogP contribution >= 0.6 is 0 Å². The SMILES string of the molecule is C1=CCCC=CCC1.FC(F)(F)c1c[c-]ccc1.FC(F)(F)c1c[c-]ccc1.[Pt+2]. The largest absolute Gasteiger partial charge is 2.00 e. The number of halogens is 6. The van der Waals surface area contributed by atoms with Gasteiger partial charge in [0.2, 0.25) is 0 Å². The third-order valence-corrected chi connectivity index (χ3v) is 3.40. The summed E-state index contributed by atoms with van der Waals surface area (Å²) in [5.74, 6) is 0. The summed E-state index contributed by atoms with van der Waals surface area (Å²) in [5, 5.41) is 0. The Morgan fingerprint density at radius 2 is 0.897 bits per heavy atom. The van der Waals surface area contributed by atoms with Gasteiger partial charge in [0, 0.05) is 0 Å². The van der Waals surface area contributed by atoms with Gasteiger partial charge in [-0.2, -0.15) is 87.0 Å². The fourth-order valence-electron chi connectivity index (χ4n) is 2.00. The molecule has 0 aliphatic heterocycles. The average Bonchev–Trinajstić information content (AvgIpc) is 2.62. The fraction of sp³-hybridized carbons (Fsp3) is 0.273. The van der Waals surface area contributed by atoms with Crippen LogP contribution in [0.15, 0.2) is 72.8 Å². The average molecular weight is 593 g/mol. The van der Waals surface area contributed by atoms with Gasteiger partial charge in [0.1, 0.15) is 0 Å². The molecule has 0 radical (unpaired) electrons. The van der Waals surface area contributed by atoms with E-state index < -0.39 is 23.5 Å². The Kier molecular flexibility index (Phi) is 13.3. The van der Waals surface area contributed by atoms with Gasteiger partial charge >= 0.3 is 33.4 Å². The Labute approximate surface area is 181 Å². The molecule has 3 rings (SSSR count). The molecule has 0 atom stereocenters. The molecule has 2 aromatic carbocycles. The molecule has 0 bridgehead atoms. The molecule has 0 unspecified atom stereocenters. The minimum Gasteiger partial charge on any atom is -0.183 e. The van der Waals surface area contributed by atoms with Crippen molar-refractivity contribution in [1.82, 2.24) is 0 Å². The molecule has 0 amide bonds. The van der Waals surface area contributed by atoms with E-state index in [1.165, 1.54) is 49.9 Å². The number of benzene rings is 2. The summed E-state index contributed by atoms with van der Waals surface area (Å²) in [6.07, 6.45) is 5.52. The quantitative estimate of drug-likeness (QED) is 0.167. The molecule has 0 fully saturated rings. The van der Waals surface area contributed by atoms with E-state index in [9.17, 15) is 26.3 Å². The van der Waals surface area contributed by atoms with Gasteiger partial charge in [-0.05, 0) is 25.7 Å². The molecule has 0 N–H and O–H groups in total. The molecule has 7 heteroatoms. The van der Waals surface area contributed by atoms with Gasteiger partial charge in [-0.1, -0.05) is 35.4 Å². The maximum Gasteiger partial charge on any atom is 2.00 e. The van der Waals surface area contributed by atoms with Crippen LogP contribution in [0.4, 0.5) is 26.3 Å². The Morgan fingerprint density at radius 1 is 0.586 bits per heavy atom. The molecule has 0 nitrogen and oxygen atoms in total. The number of allylic oxidation sites excluding steroid dienone is 4. The van der Waals surface area contributed by atoms with Gasteiger partial charge in [0.25, 0.3) is 0 Å². The van der Waals surface area contributed by atoms with E-state index in [1.807, 2.05) is 0 Å². The molecule has 2 aromatic rings. The summed E-state index contributed by atoms with van der Waals surface area (Å²) in [6, 6.07) is 14.0. The van der Waals surface area contributed by atoms with E-state index >= 15 is 0 Å². The van der Waals surface area contributed by atoms with Crippen LogP contribution in [0.25, 0.3) is 0 Å². The van der Waals surface area contributed by atoms with E-state index in [2.05, 4.69) is 36.4 Å². The van der Waals surface area contributed by atoms with Crippen LogP contribution in [0.1, 0.15) is 36.8 Å². The van der Waals surface area contributed by atoms with Crippen molar-refractivity contribution in [1.29, 1.82) is 0 Å². The Balaban J connectivity index is 0.000000401. The summed E-state index contributed by atoms with van der Waals surface area (Å²) in [4.78, 5) is 0. The zero-order chi connectivity index (χ0) is 20.9. The molecule has 0 heterocycles. The first-order valence-electron chi connectivity index (χ1n) is 8.58. The summed E-state index contributed by atoms with van der Waals surface area (Å²) in [7, 11) is 0. The number of hydrogen-bond acceptors (Lipinski definition) is 0. The molecule has 29 heavy (non-hydrogen) atoms. The summed E-state index contributed by atoms with van der Waals surface area (Å²) in [5.41, 5.74) is -1.31. The smallest absolute Gasteiger partial charge is 0.183 e. The van der Waals surface area contributed by atoms with E-state index in [4.69, 9.17) is 0 Å². The zero-order valence-electron chi connectivity index (χ0n) is 15.3. The van der Waals surface area contributed by atoms with E-state index in [1.54, 1.807) is 0 Å². The third-order valence-electron chi connectivity index (χ3n) is 3.40. The van der Waals surface area contributed by atoms with Crippen molar-refractivity contribution in [2.45, 2.75) is 38.0 Å². The number of rotatable bonds is 0. The second-order valence-electron chi connectivity index (χ2n) is 5.68. The summed E-state index contributed by atoms with van der Waals surface area (Å²) < 4.78 is 70.6. The Bertz CT molecular complexity index is 628. The molecular formula is C22H20F6Pt. The first-order chi connectivity index (χ1) is 13.2. The van der Waals surface area contributed by atoms with E-state index in [0.717, 1.165) is 24.3 Å². The van der Waals surface area contributed by atoms with Gasteiger partial charge in [0.05, 0.1) is 0 Å². The molecule has 0 aromatic heterocycles. The van der Waals surface area contributed by atoms with Gasteiger partial charge in [0.15, 0.2) is 0 Å². The predicted molar refractivity (Wildman–Crippen MR) is 97.3 cm³/mol. The normalized spacial score (nSPS) is 13.4. The van der Waals surface area contributed by atoms with Crippen LogP contribution in [0, 0.1) is 12.1 Å². The Hall–Kier alpha value is -1.81. The van der Waals surface area contributed by atoms with Crippen molar-refractivity contribution in [3.8, 4) is 0 Å². The maximum atomic E-state index is 11.8. The van der Waals surface area contributed by atoms with Crippen LogP contribution in [-0.2, 0) is 33.4 Å². The Morgan fingerprint density at radius 3 is 1.07 bits per heavy atom. The third kappa shape index (κ3) is 13.1. The molecular weight excluding hydrogens is 573 g/mol. The van der Waals surface area contributed by atoms with Gasteiger partial charge < -0.3 is 0 Å². The van der Waals surface area contributed by atoms with Gasteiger partial charge in [-0.15, -0.1) is 0 Å². The second kappa shape index (κ2) is 14.2. The fourth-order valence-corrected chi connectivity index (χ4v) is 2.00. The minimum atomic E-state index is -4.24. The molecule has 1 aliphatic carbocycles. The van der Waals surface area contributed by atoms with Crippen molar-refractivity contribution in [2.24, 2.45) is 0 Å². The first kappa shape index (κ1) is 27.2. The van der Waals surface area contributed by atoms with Crippen molar-refractivity contribution < 1.29 is 47.4 Å². The molecule has 1 aliphatic rings. The van der Waals surface area contributed by atoms with Crippen LogP contribution in [0.2, 0.25) is 0 Å². The van der Waals surface area contributed by atoms with Crippen molar-refractivity contribution in [3.05, 3.63) is 96.1 Å². The topological polar surface area (TPSA) is 0 Å². The second-order valence-corrected chi connectivity index (χ2v) is 5.68. The molecule has 0 spiro atoms. The predicted octanol–water partition coefficient (Wildman–Crippen LogP) is 7.68. The first-order valence-corrected chi connectivity index (χ1v) is 8.58. The van der Waals surface area contributed by atoms with Crippen LogP contribution in [0.5, 0.6) is 0 Å². The van der Waals surface area contributed by atoms with Crippen LogP contribution in [0.3, 0.4) is 0 Å². The zero-order valence-corrected chi connectivity index (χ0v) is 17.6. The van der Waals surface area contributed by atoms with E-state index in [0.29, 0.717) is 0 Å².